The summed E-state index contributed by atoms with van der Waals surface area (Å²) >= 11 is 3.26. The molecule has 5 nitrogen and oxygen atoms in total. The first-order chi connectivity index (χ1) is 8.49. The number of rotatable bonds is 2. The van der Waals surface area contributed by atoms with Crippen molar-refractivity contribution in [2.75, 3.05) is 6.54 Å². The van der Waals surface area contributed by atoms with E-state index in [-0.39, 0.29) is 18.9 Å². The van der Waals surface area contributed by atoms with Gasteiger partial charge >= 0.3 is 5.97 Å². The number of halogens is 1. The Hall–Kier alpha value is -1.40. The molecule has 1 fully saturated rings. The molecule has 2 N–H and O–H groups in total. The van der Waals surface area contributed by atoms with Crippen molar-refractivity contribution in [2.45, 2.75) is 18.6 Å². The van der Waals surface area contributed by atoms with Gasteiger partial charge in [0, 0.05) is 23.0 Å². The lowest BCUT2D eigenvalue weighted by molar-refractivity contribution is -0.141. The van der Waals surface area contributed by atoms with Crippen molar-refractivity contribution in [1.29, 1.82) is 0 Å². The van der Waals surface area contributed by atoms with Gasteiger partial charge in [-0.3, -0.25) is 4.79 Å². The highest BCUT2D eigenvalue weighted by atomic mass is 79.9. The summed E-state index contributed by atoms with van der Waals surface area (Å²) in [6.07, 6.45) is -0.692. The summed E-state index contributed by atoms with van der Waals surface area (Å²) in [6, 6.07) is 5.73. The van der Waals surface area contributed by atoms with Crippen molar-refractivity contribution in [2.24, 2.45) is 0 Å². The van der Waals surface area contributed by atoms with Crippen LogP contribution in [0, 0.1) is 0 Å². The van der Waals surface area contributed by atoms with Gasteiger partial charge < -0.3 is 15.1 Å². The van der Waals surface area contributed by atoms with Crippen LogP contribution >= 0.6 is 15.9 Å². The Kier molecular flexibility index (Phi) is 3.68. The van der Waals surface area contributed by atoms with Gasteiger partial charge in [0.15, 0.2) is 0 Å². The number of carboxylic acid groups (broad SMARTS) is 1. The van der Waals surface area contributed by atoms with Crippen LogP contribution in [0.3, 0.4) is 0 Å². The number of hydrogen-bond donors (Lipinski definition) is 2. The quantitative estimate of drug-likeness (QED) is 0.857. The lowest BCUT2D eigenvalue weighted by atomic mass is 10.1. The molecule has 1 aliphatic rings. The molecule has 0 aromatic heterocycles. The highest BCUT2D eigenvalue weighted by molar-refractivity contribution is 9.10. The largest absolute Gasteiger partial charge is 0.480 e. The predicted octanol–water partition coefficient (Wildman–Crippen LogP) is 1.11. The molecule has 18 heavy (non-hydrogen) atoms. The highest BCUT2D eigenvalue weighted by Crippen LogP contribution is 2.21. The third-order valence-electron chi connectivity index (χ3n) is 2.92. The van der Waals surface area contributed by atoms with Crippen LogP contribution in [0.4, 0.5) is 0 Å². The zero-order chi connectivity index (χ0) is 13.3. The molecule has 1 amide bonds. The van der Waals surface area contributed by atoms with E-state index in [0.29, 0.717) is 5.56 Å². The lowest BCUT2D eigenvalue weighted by Crippen LogP contribution is -2.40. The first kappa shape index (κ1) is 13.0. The number of aliphatic carboxylic acids is 1. The van der Waals surface area contributed by atoms with E-state index in [4.69, 9.17) is 5.11 Å². The molecule has 2 rings (SSSR count). The summed E-state index contributed by atoms with van der Waals surface area (Å²) in [4.78, 5) is 24.4. The average molecular weight is 314 g/mol. The minimum atomic E-state index is -1.09. The third-order valence-corrected chi connectivity index (χ3v) is 3.44. The van der Waals surface area contributed by atoms with E-state index in [2.05, 4.69) is 15.9 Å². The fraction of sp³-hybridized carbons (Fsp3) is 0.333. The molecule has 1 aromatic carbocycles. The van der Waals surface area contributed by atoms with Gasteiger partial charge in [0.05, 0.1) is 6.10 Å². The van der Waals surface area contributed by atoms with Crippen molar-refractivity contribution in [1.82, 2.24) is 4.90 Å². The van der Waals surface area contributed by atoms with Gasteiger partial charge in [-0.2, -0.15) is 0 Å². The maximum Gasteiger partial charge on any atom is 0.326 e. The maximum atomic E-state index is 12.2. The molecule has 0 bridgehead atoms. The van der Waals surface area contributed by atoms with E-state index in [1.54, 1.807) is 24.3 Å². The summed E-state index contributed by atoms with van der Waals surface area (Å²) in [6.45, 7) is 0.0614. The van der Waals surface area contributed by atoms with Crippen LogP contribution in [-0.2, 0) is 4.79 Å². The maximum absolute atomic E-state index is 12.2. The fourth-order valence-corrected chi connectivity index (χ4v) is 2.29. The summed E-state index contributed by atoms with van der Waals surface area (Å²) in [5.41, 5.74) is 0.415. The fourth-order valence-electron chi connectivity index (χ4n) is 2.03. The molecule has 1 aromatic rings. The van der Waals surface area contributed by atoms with Crippen LogP contribution in [0.1, 0.15) is 16.8 Å². The number of benzene rings is 1. The van der Waals surface area contributed by atoms with Crippen LogP contribution in [0.15, 0.2) is 28.7 Å². The lowest BCUT2D eigenvalue weighted by Gasteiger charge is -2.21. The predicted molar refractivity (Wildman–Crippen MR) is 67.2 cm³/mol. The molecule has 0 spiro atoms. The number of carbonyl (C=O) groups excluding carboxylic acids is 1. The minimum absolute atomic E-state index is 0.0614. The number of carbonyl (C=O) groups is 2. The molecule has 1 saturated heterocycles. The van der Waals surface area contributed by atoms with Crippen molar-refractivity contribution >= 4 is 27.8 Å². The number of amides is 1. The molecule has 0 aliphatic carbocycles. The van der Waals surface area contributed by atoms with Gasteiger partial charge in [-0.1, -0.05) is 15.9 Å². The Morgan fingerprint density at radius 3 is 2.44 bits per heavy atom. The molecule has 0 saturated carbocycles. The van der Waals surface area contributed by atoms with Gasteiger partial charge in [0.25, 0.3) is 5.91 Å². The smallest absolute Gasteiger partial charge is 0.326 e. The van der Waals surface area contributed by atoms with Crippen molar-refractivity contribution < 1.29 is 19.8 Å². The van der Waals surface area contributed by atoms with E-state index in [0.717, 1.165) is 4.47 Å². The summed E-state index contributed by atoms with van der Waals surface area (Å²) in [7, 11) is 0. The van der Waals surface area contributed by atoms with Gasteiger partial charge in [0.2, 0.25) is 0 Å². The second-order valence-corrected chi connectivity index (χ2v) is 5.12. The molecular weight excluding hydrogens is 302 g/mol. The normalized spacial score (nSPS) is 23.1. The number of carboxylic acids is 1. The highest BCUT2D eigenvalue weighted by Gasteiger charge is 2.39. The average Bonchev–Trinajstić information content (AvgIpc) is 2.71. The second kappa shape index (κ2) is 5.07. The van der Waals surface area contributed by atoms with Gasteiger partial charge in [0.1, 0.15) is 6.04 Å². The second-order valence-electron chi connectivity index (χ2n) is 4.21. The number of β-amino-alcohol motifs (C(OH)–C–C–N with tert-alkyl or cyclic N) is 1. The zero-order valence-corrected chi connectivity index (χ0v) is 11.0. The molecular formula is C12H12BrNO4. The van der Waals surface area contributed by atoms with E-state index in [1.165, 1.54) is 4.90 Å². The van der Waals surface area contributed by atoms with Crippen LogP contribution in [0.25, 0.3) is 0 Å². The van der Waals surface area contributed by atoms with Crippen molar-refractivity contribution in [3.63, 3.8) is 0 Å². The van der Waals surface area contributed by atoms with Crippen LogP contribution in [0.2, 0.25) is 0 Å². The SMILES string of the molecule is O=C(O)[C@@H]1C[C@@H](O)CN1C(=O)c1ccc(Br)cc1. The van der Waals surface area contributed by atoms with Crippen molar-refractivity contribution in [3.05, 3.63) is 34.3 Å². The molecule has 0 unspecified atom stereocenters. The molecule has 1 aliphatic heterocycles. The Morgan fingerprint density at radius 2 is 1.89 bits per heavy atom. The van der Waals surface area contributed by atoms with Crippen molar-refractivity contribution in [3.8, 4) is 0 Å². The Morgan fingerprint density at radius 1 is 1.28 bits per heavy atom. The zero-order valence-electron chi connectivity index (χ0n) is 9.41. The van der Waals surface area contributed by atoms with Gasteiger partial charge in [-0.05, 0) is 24.3 Å². The topological polar surface area (TPSA) is 77.8 Å². The van der Waals surface area contributed by atoms with E-state index in [1.807, 2.05) is 0 Å². The Bertz CT molecular complexity index is 473. The molecule has 6 heteroatoms. The number of aliphatic hydroxyl groups excluding tert-OH is 1. The summed E-state index contributed by atoms with van der Waals surface area (Å²) < 4.78 is 0.843. The minimum Gasteiger partial charge on any atom is -0.480 e. The number of hydrogen-bond acceptors (Lipinski definition) is 3. The summed E-state index contributed by atoms with van der Waals surface area (Å²) in [5, 5.41) is 18.5. The molecule has 0 radical (unpaired) electrons. The third kappa shape index (κ3) is 2.54. The first-order valence-corrected chi connectivity index (χ1v) is 6.25. The van der Waals surface area contributed by atoms with Crippen LogP contribution in [-0.4, -0.2) is 45.7 Å². The first-order valence-electron chi connectivity index (χ1n) is 5.46. The summed E-state index contributed by atoms with van der Waals surface area (Å²) in [5.74, 6) is -1.46. The van der Waals surface area contributed by atoms with Crippen LogP contribution < -0.4 is 0 Å². The standard InChI is InChI=1S/C12H12BrNO4/c13-8-3-1-7(2-4-8)11(16)14-6-9(15)5-10(14)12(17)18/h1-4,9-10,15H,5-6H2,(H,17,18)/t9-,10+/m1/s1. The van der Waals surface area contributed by atoms with E-state index < -0.39 is 18.1 Å². The number of aliphatic hydroxyl groups is 1. The Labute approximate surface area is 112 Å². The van der Waals surface area contributed by atoms with Gasteiger partial charge in [-0.15, -0.1) is 0 Å². The van der Waals surface area contributed by atoms with Crippen LogP contribution in [0.5, 0.6) is 0 Å². The number of likely N-dealkylation sites (tertiary alicyclic amines) is 1. The molecule has 96 valence electrons. The molecule has 1 heterocycles. The number of nitrogens with zero attached hydrogens (tertiary/aromatic N) is 1. The molecule has 2 atom stereocenters. The Balaban J connectivity index is 2.22. The van der Waals surface area contributed by atoms with E-state index >= 15 is 0 Å². The van der Waals surface area contributed by atoms with E-state index in [9.17, 15) is 14.7 Å². The monoisotopic (exact) mass is 313 g/mol. The van der Waals surface area contributed by atoms with Gasteiger partial charge in [-0.25, -0.2) is 4.79 Å².